The Morgan fingerprint density at radius 2 is 0.700 bits per heavy atom. The van der Waals surface area contributed by atoms with Crippen LogP contribution in [0.25, 0.3) is 84.3 Å². The maximum Gasteiger partial charge on any atom is 0.309 e. The van der Waals surface area contributed by atoms with Crippen molar-refractivity contribution in [2.45, 2.75) is 125 Å². The van der Waals surface area contributed by atoms with Crippen molar-refractivity contribution in [1.82, 2.24) is 13.7 Å². The lowest BCUT2D eigenvalue weighted by atomic mass is 10.0. The number of aliphatic hydroxyl groups excluding tert-OH is 2. The van der Waals surface area contributed by atoms with Crippen molar-refractivity contribution in [3.63, 3.8) is 0 Å². The molecule has 0 aliphatic carbocycles. The molecule has 0 saturated heterocycles. The van der Waals surface area contributed by atoms with Gasteiger partial charge in [-0.1, -0.05) is 103 Å². The van der Waals surface area contributed by atoms with Gasteiger partial charge in [-0.3, -0.25) is 19.2 Å². The number of fused-ring (bicyclic) bond motifs is 3. The third-order valence-electron chi connectivity index (χ3n) is 14.6. The summed E-state index contributed by atoms with van der Waals surface area (Å²) in [6.07, 6.45) is 7.53. The molecule has 9 aromatic rings. The predicted molar refractivity (Wildman–Crippen MR) is 352 cm³/mol. The number of para-hydroxylation sites is 3. The maximum atomic E-state index is 13.6. The van der Waals surface area contributed by atoms with E-state index in [-0.39, 0.29) is 74.7 Å². The number of hydrogen-bond acceptors (Lipinski definition) is 10. The van der Waals surface area contributed by atoms with E-state index in [4.69, 9.17) is 18.9 Å². The average Bonchev–Trinajstić information content (AvgIpc) is 1.63. The Balaban J connectivity index is 0.000000192. The molecule has 0 radical (unpaired) electrons. The van der Waals surface area contributed by atoms with Gasteiger partial charge < -0.3 is 42.9 Å². The van der Waals surface area contributed by atoms with Crippen molar-refractivity contribution < 1.29 is 61.5 Å². The molecule has 90 heavy (non-hydrogen) atoms. The van der Waals surface area contributed by atoms with Crippen LogP contribution in [0.3, 0.4) is 0 Å². The van der Waals surface area contributed by atoms with E-state index in [1.165, 1.54) is 43.3 Å². The quantitative estimate of drug-likeness (QED) is 0.0494. The SMILES string of the molecule is CCOC(=O)CC(O)/C=C/c1c(-c2ccc(F)cc2)c2ccccc2n1C(C)C.CCOC(=O)C[C@@H](/C=C/c1c(-c2ccc(F)cc2)c2ccccc2n1C(C)C)OC(C)=O.CCOC(=O)C[C@@H](O)/C=C/c1c(-c2ccc(F)cc2)c2ccccc2n1C(C)C. The highest BCUT2D eigenvalue weighted by atomic mass is 19.1. The molecule has 2 N–H and O–H groups in total. The second-order valence-corrected chi connectivity index (χ2v) is 22.1. The van der Waals surface area contributed by atoms with Crippen molar-refractivity contribution in [2.75, 3.05) is 19.8 Å². The summed E-state index contributed by atoms with van der Waals surface area (Å²) in [7, 11) is 0. The van der Waals surface area contributed by atoms with Crippen LogP contribution in [0.1, 0.15) is 124 Å². The number of nitrogens with zero attached hydrogens (tertiary/aromatic N) is 3. The molecule has 0 saturated carbocycles. The van der Waals surface area contributed by atoms with Gasteiger partial charge in [-0.25, -0.2) is 13.2 Å². The monoisotopic (exact) mass is 1230 g/mol. The van der Waals surface area contributed by atoms with Gasteiger partial charge in [0.05, 0.1) is 51.3 Å². The zero-order valence-corrected chi connectivity index (χ0v) is 52.7. The van der Waals surface area contributed by atoms with E-state index in [1.807, 2.05) is 78.9 Å². The van der Waals surface area contributed by atoms with E-state index >= 15 is 0 Å². The Morgan fingerprint density at radius 1 is 0.422 bits per heavy atom. The van der Waals surface area contributed by atoms with Crippen molar-refractivity contribution in [3.8, 4) is 33.4 Å². The molecule has 0 bridgehead atoms. The van der Waals surface area contributed by atoms with Gasteiger partial charge in [0.25, 0.3) is 0 Å². The maximum absolute atomic E-state index is 13.6. The summed E-state index contributed by atoms with van der Waals surface area (Å²) in [5, 5.41) is 23.7. The molecule has 3 aromatic heterocycles. The van der Waals surface area contributed by atoms with Crippen molar-refractivity contribution in [3.05, 3.63) is 198 Å². The number of ether oxygens (including phenoxy) is 4. The summed E-state index contributed by atoms with van der Waals surface area (Å²) in [6.45, 7) is 19.8. The smallest absolute Gasteiger partial charge is 0.309 e. The standard InChI is InChI=1S/C26H28FNO4.2C24H26FNO3/c1-5-31-25(30)16-21(32-18(4)29)14-15-24-26(19-10-12-20(27)13-11-19)22-8-6-7-9-23(22)28(24)17(2)3;2*1-4-29-23(28)15-19(27)13-14-22-24(17-9-11-18(25)12-10-17)20-7-5-6-8-21(20)26(22)16(2)3/h6-15,17,21H,5,16H2,1-4H3;2*5-14,16,19,27H,4,15H2,1-3H3/b15-14+;2*14-13+/t21-;19-;/m10./s1. The summed E-state index contributed by atoms with van der Waals surface area (Å²) < 4.78 is 67.3. The molecule has 3 heterocycles. The van der Waals surface area contributed by atoms with Crippen molar-refractivity contribution in [2.24, 2.45) is 0 Å². The summed E-state index contributed by atoms with van der Waals surface area (Å²) in [4.78, 5) is 46.9. The van der Waals surface area contributed by atoms with Crippen LogP contribution in [-0.2, 0) is 38.1 Å². The van der Waals surface area contributed by atoms with Crippen molar-refractivity contribution >= 4 is 74.8 Å². The number of rotatable bonds is 22. The zero-order chi connectivity index (χ0) is 65.2. The first-order valence-corrected chi connectivity index (χ1v) is 30.4. The first-order valence-electron chi connectivity index (χ1n) is 30.4. The summed E-state index contributed by atoms with van der Waals surface area (Å²) in [5.74, 6) is -2.67. The van der Waals surface area contributed by atoms with Crippen LogP contribution in [0.15, 0.2) is 164 Å². The third-order valence-corrected chi connectivity index (χ3v) is 14.6. The first-order chi connectivity index (χ1) is 43.1. The lowest BCUT2D eigenvalue weighted by Crippen LogP contribution is -2.19. The minimum absolute atomic E-state index is 0.0717. The number of benzene rings is 6. The summed E-state index contributed by atoms with van der Waals surface area (Å²) >= 11 is 0. The molecular weight excluding hydrogens is 1150 g/mol. The van der Waals surface area contributed by atoms with Crippen LogP contribution in [0.2, 0.25) is 0 Å². The number of aromatic nitrogens is 3. The molecule has 0 aliphatic heterocycles. The highest BCUT2D eigenvalue weighted by molar-refractivity contribution is 6.03. The lowest BCUT2D eigenvalue weighted by molar-refractivity contribution is -0.151. The Hall–Kier alpha value is -9.25. The van der Waals surface area contributed by atoms with E-state index < -0.39 is 42.2 Å². The molecule has 1 unspecified atom stereocenters. The highest BCUT2D eigenvalue weighted by Crippen LogP contribution is 2.41. The van der Waals surface area contributed by atoms with E-state index in [0.29, 0.717) is 0 Å². The number of aliphatic hydroxyl groups is 2. The minimum Gasteiger partial charge on any atom is -0.466 e. The molecule has 0 aliphatic rings. The number of halogens is 3. The van der Waals surface area contributed by atoms with Gasteiger partial charge in [0, 0.05) is 91.5 Å². The van der Waals surface area contributed by atoms with Gasteiger partial charge in [0.1, 0.15) is 23.6 Å². The second kappa shape index (κ2) is 32.3. The molecule has 0 amide bonds. The highest BCUT2D eigenvalue weighted by Gasteiger charge is 2.24. The molecule has 13 nitrogen and oxygen atoms in total. The predicted octanol–water partition coefficient (Wildman–Crippen LogP) is 16.6. The van der Waals surface area contributed by atoms with Crippen LogP contribution in [-0.4, -0.2) is 85.9 Å². The van der Waals surface area contributed by atoms with Gasteiger partial charge in [-0.2, -0.15) is 0 Å². The van der Waals surface area contributed by atoms with E-state index in [1.54, 1.807) is 75.4 Å². The Bertz CT molecular complexity index is 3820. The van der Waals surface area contributed by atoms with Gasteiger partial charge >= 0.3 is 23.9 Å². The fourth-order valence-corrected chi connectivity index (χ4v) is 11.0. The minimum atomic E-state index is -0.950. The Morgan fingerprint density at radius 3 is 0.978 bits per heavy atom. The molecule has 0 spiro atoms. The van der Waals surface area contributed by atoms with Crippen LogP contribution in [0, 0.1) is 17.5 Å². The topological polar surface area (TPSA) is 160 Å². The van der Waals surface area contributed by atoms with Crippen LogP contribution in [0.5, 0.6) is 0 Å². The van der Waals surface area contributed by atoms with Crippen LogP contribution < -0.4 is 0 Å². The van der Waals surface area contributed by atoms with E-state index in [0.717, 1.165) is 83.2 Å². The molecule has 472 valence electrons. The Labute approximate surface area is 524 Å². The molecule has 3 atom stereocenters. The second-order valence-electron chi connectivity index (χ2n) is 22.1. The van der Waals surface area contributed by atoms with Crippen molar-refractivity contribution in [1.29, 1.82) is 0 Å². The average molecular weight is 1230 g/mol. The largest absolute Gasteiger partial charge is 0.466 e. The van der Waals surface area contributed by atoms with E-state index in [9.17, 15) is 42.6 Å². The Kier molecular flexibility index (Phi) is 24.5. The number of esters is 4. The van der Waals surface area contributed by atoms with Gasteiger partial charge in [0.2, 0.25) is 0 Å². The normalized spacial score (nSPS) is 12.6. The van der Waals surface area contributed by atoms with Crippen LogP contribution >= 0.6 is 0 Å². The fraction of sp³-hybridized carbons (Fsp3) is 0.297. The first kappa shape index (κ1) is 68.2. The zero-order valence-electron chi connectivity index (χ0n) is 52.7. The van der Waals surface area contributed by atoms with Gasteiger partial charge in [0.15, 0.2) is 0 Å². The molecule has 6 aromatic carbocycles. The fourth-order valence-electron chi connectivity index (χ4n) is 11.0. The van der Waals surface area contributed by atoms with E-state index in [2.05, 4.69) is 67.4 Å². The van der Waals surface area contributed by atoms with Gasteiger partial charge in [-0.05, 0) is 158 Å². The molecule has 16 heteroatoms. The molecular formula is C74H80F3N3O10. The molecule has 9 rings (SSSR count). The van der Waals surface area contributed by atoms with Gasteiger partial charge in [-0.15, -0.1) is 0 Å². The van der Waals surface area contributed by atoms with Crippen LogP contribution in [0.4, 0.5) is 13.2 Å². The summed E-state index contributed by atoms with van der Waals surface area (Å²) in [5.41, 5.74) is 11.4. The number of carbonyl (C=O) groups is 4. The third kappa shape index (κ3) is 17.3. The number of carbonyl (C=O) groups excluding carboxylic acids is 4. The number of hydrogen-bond donors (Lipinski definition) is 2. The molecule has 0 fully saturated rings. The summed E-state index contributed by atoms with van der Waals surface area (Å²) in [6, 6.07) is 43.8. The lowest BCUT2D eigenvalue weighted by Gasteiger charge is -2.15.